The summed E-state index contributed by atoms with van der Waals surface area (Å²) in [4.78, 5) is 11.7. The molecule has 0 saturated heterocycles. The molecule has 0 aromatic heterocycles. The van der Waals surface area contributed by atoms with Gasteiger partial charge in [0.2, 0.25) is 5.91 Å². The molecule has 2 aromatic carbocycles. The number of rotatable bonds is 4. The van der Waals surface area contributed by atoms with Crippen LogP contribution in [-0.2, 0) is 11.2 Å². The van der Waals surface area contributed by atoms with E-state index in [1.807, 2.05) is 30.3 Å². The summed E-state index contributed by atoms with van der Waals surface area (Å²) >= 11 is 0. The van der Waals surface area contributed by atoms with Gasteiger partial charge in [0.15, 0.2) is 11.5 Å². The highest BCUT2D eigenvalue weighted by molar-refractivity contribution is 5.90. The molecule has 3 N–H and O–H groups in total. The number of nitrogens with one attached hydrogen (secondary N) is 1. The summed E-state index contributed by atoms with van der Waals surface area (Å²) in [7, 11) is 0. The maximum absolute atomic E-state index is 11.7. The van der Waals surface area contributed by atoms with E-state index in [-0.39, 0.29) is 17.4 Å². The number of anilines is 1. The summed E-state index contributed by atoms with van der Waals surface area (Å²) in [5.41, 5.74) is 1.57. The summed E-state index contributed by atoms with van der Waals surface area (Å²) in [5.74, 6) is -0.405. The Morgan fingerprint density at radius 3 is 2.42 bits per heavy atom. The Kier molecular flexibility index (Phi) is 4.03. The predicted molar refractivity (Wildman–Crippen MR) is 73.2 cm³/mol. The molecule has 2 aromatic rings. The third-order valence-electron chi connectivity index (χ3n) is 2.74. The van der Waals surface area contributed by atoms with Crippen molar-refractivity contribution in [2.75, 3.05) is 5.32 Å². The second-order valence-electron chi connectivity index (χ2n) is 4.24. The molecular weight excluding hydrogens is 242 g/mol. The van der Waals surface area contributed by atoms with Gasteiger partial charge in [-0.2, -0.15) is 0 Å². The van der Waals surface area contributed by atoms with Gasteiger partial charge in [0.25, 0.3) is 0 Å². The van der Waals surface area contributed by atoms with E-state index in [2.05, 4.69) is 5.32 Å². The number of hydrogen-bond acceptors (Lipinski definition) is 3. The number of aryl methyl sites for hydroxylation is 1. The molecule has 98 valence electrons. The van der Waals surface area contributed by atoms with Gasteiger partial charge in [-0.25, -0.2) is 0 Å². The average molecular weight is 257 g/mol. The number of phenols is 2. The topological polar surface area (TPSA) is 69.6 Å². The highest BCUT2D eigenvalue weighted by Gasteiger charge is 2.05. The normalized spacial score (nSPS) is 10.1. The summed E-state index contributed by atoms with van der Waals surface area (Å²) in [6.45, 7) is 0. The Bertz CT molecular complexity index is 567. The number of hydrogen-bond donors (Lipinski definition) is 3. The van der Waals surface area contributed by atoms with E-state index in [9.17, 15) is 15.0 Å². The third-order valence-corrected chi connectivity index (χ3v) is 2.74. The minimum absolute atomic E-state index is 0.0845. The van der Waals surface area contributed by atoms with E-state index in [1.165, 1.54) is 12.1 Å². The van der Waals surface area contributed by atoms with Crippen LogP contribution < -0.4 is 5.32 Å². The molecule has 1 amide bonds. The Morgan fingerprint density at radius 2 is 1.74 bits per heavy atom. The zero-order chi connectivity index (χ0) is 13.7. The van der Waals surface area contributed by atoms with Crippen LogP contribution in [0.25, 0.3) is 0 Å². The number of benzene rings is 2. The Morgan fingerprint density at radius 1 is 1.00 bits per heavy atom. The van der Waals surface area contributed by atoms with Gasteiger partial charge in [-0.1, -0.05) is 24.3 Å². The molecule has 4 nitrogen and oxygen atoms in total. The zero-order valence-corrected chi connectivity index (χ0v) is 10.3. The van der Waals surface area contributed by atoms with Crippen LogP contribution in [0.1, 0.15) is 12.0 Å². The number of aromatic hydroxyl groups is 2. The van der Waals surface area contributed by atoms with Crippen molar-refractivity contribution in [2.24, 2.45) is 0 Å². The predicted octanol–water partition coefficient (Wildman–Crippen LogP) is 2.67. The maximum atomic E-state index is 11.7. The zero-order valence-electron chi connectivity index (χ0n) is 10.3. The van der Waals surface area contributed by atoms with Crippen molar-refractivity contribution in [3.05, 3.63) is 54.1 Å². The Balaban J connectivity index is 1.88. The number of phenolic OH excluding ortho intramolecular Hbond substituents is 2. The van der Waals surface area contributed by atoms with Crippen molar-refractivity contribution in [2.45, 2.75) is 12.8 Å². The minimum atomic E-state index is -0.166. The molecule has 19 heavy (non-hydrogen) atoms. The maximum Gasteiger partial charge on any atom is 0.224 e. The fourth-order valence-corrected chi connectivity index (χ4v) is 1.73. The quantitative estimate of drug-likeness (QED) is 0.737. The molecule has 0 heterocycles. The van der Waals surface area contributed by atoms with Crippen LogP contribution in [0, 0.1) is 0 Å². The van der Waals surface area contributed by atoms with E-state index in [1.54, 1.807) is 6.07 Å². The van der Waals surface area contributed by atoms with Crippen LogP contribution in [0.4, 0.5) is 5.69 Å². The highest BCUT2D eigenvalue weighted by atomic mass is 16.3. The first kappa shape index (κ1) is 13.0. The first-order valence-electron chi connectivity index (χ1n) is 6.01. The van der Waals surface area contributed by atoms with Crippen molar-refractivity contribution >= 4 is 11.6 Å². The summed E-state index contributed by atoms with van der Waals surface area (Å²) in [5, 5.41) is 21.3. The Hall–Kier alpha value is -2.49. The van der Waals surface area contributed by atoms with Crippen molar-refractivity contribution in [3.63, 3.8) is 0 Å². The minimum Gasteiger partial charge on any atom is -0.504 e. The third kappa shape index (κ3) is 3.74. The van der Waals surface area contributed by atoms with Gasteiger partial charge in [-0.3, -0.25) is 4.79 Å². The van der Waals surface area contributed by atoms with Gasteiger partial charge in [-0.15, -0.1) is 0 Å². The molecule has 0 aliphatic heterocycles. The van der Waals surface area contributed by atoms with E-state index in [0.717, 1.165) is 11.3 Å². The van der Waals surface area contributed by atoms with E-state index < -0.39 is 0 Å². The van der Waals surface area contributed by atoms with E-state index in [4.69, 9.17) is 0 Å². The largest absolute Gasteiger partial charge is 0.504 e. The number of carbonyl (C=O) groups is 1. The van der Waals surface area contributed by atoms with Gasteiger partial charge >= 0.3 is 0 Å². The van der Waals surface area contributed by atoms with Gasteiger partial charge in [0.05, 0.1) is 0 Å². The molecule has 0 aliphatic carbocycles. The fraction of sp³-hybridized carbons (Fsp3) is 0.133. The molecule has 0 unspecified atom stereocenters. The van der Waals surface area contributed by atoms with Crippen molar-refractivity contribution < 1.29 is 15.0 Å². The second kappa shape index (κ2) is 5.91. The van der Waals surface area contributed by atoms with Crippen molar-refractivity contribution in [1.29, 1.82) is 0 Å². The number of para-hydroxylation sites is 1. The summed E-state index contributed by atoms with van der Waals surface area (Å²) < 4.78 is 0. The lowest BCUT2D eigenvalue weighted by molar-refractivity contribution is -0.116. The number of amides is 1. The molecule has 0 atom stereocenters. The molecule has 2 rings (SSSR count). The van der Waals surface area contributed by atoms with Gasteiger partial charge in [0, 0.05) is 12.1 Å². The first-order valence-corrected chi connectivity index (χ1v) is 6.01. The number of carbonyl (C=O) groups excluding carboxylic acids is 1. The lowest BCUT2D eigenvalue weighted by Gasteiger charge is -2.06. The molecule has 4 heteroatoms. The van der Waals surface area contributed by atoms with Crippen LogP contribution in [0.2, 0.25) is 0 Å². The van der Waals surface area contributed by atoms with E-state index in [0.29, 0.717) is 12.8 Å². The molecule has 0 bridgehead atoms. The van der Waals surface area contributed by atoms with Crippen LogP contribution in [-0.4, -0.2) is 16.1 Å². The van der Waals surface area contributed by atoms with Crippen molar-refractivity contribution in [3.8, 4) is 11.5 Å². The summed E-state index contributed by atoms with van der Waals surface area (Å²) in [6, 6.07) is 13.8. The molecule has 0 fully saturated rings. The SMILES string of the molecule is O=C(CCc1ccc(O)c(O)c1)Nc1ccccc1. The first-order chi connectivity index (χ1) is 9.15. The highest BCUT2D eigenvalue weighted by Crippen LogP contribution is 2.25. The monoisotopic (exact) mass is 257 g/mol. The van der Waals surface area contributed by atoms with E-state index >= 15 is 0 Å². The lowest BCUT2D eigenvalue weighted by atomic mass is 10.1. The van der Waals surface area contributed by atoms with Gasteiger partial charge in [0.1, 0.15) is 0 Å². The van der Waals surface area contributed by atoms with Gasteiger partial charge < -0.3 is 15.5 Å². The molecule has 0 spiro atoms. The second-order valence-corrected chi connectivity index (χ2v) is 4.24. The summed E-state index contributed by atoms with van der Waals surface area (Å²) in [6.07, 6.45) is 0.825. The van der Waals surface area contributed by atoms with Gasteiger partial charge in [-0.05, 0) is 36.2 Å². The van der Waals surface area contributed by atoms with Crippen LogP contribution in [0.15, 0.2) is 48.5 Å². The molecule has 0 saturated carbocycles. The average Bonchev–Trinajstić information content (AvgIpc) is 2.41. The smallest absolute Gasteiger partial charge is 0.224 e. The lowest BCUT2D eigenvalue weighted by Crippen LogP contribution is -2.12. The fourth-order valence-electron chi connectivity index (χ4n) is 1.73. The van der Waals surface area contributed by atoms with Crippen molar-refractivity contribution in [1.82, 2.24) is 0 Å². The van der Waals surface area contributed by atoms with Crippen LogP contribution in [0.3, 0.4) is 0 Å². The van der Waals surface area contributed by atoms with Crippen LogP contribution >= 0.6 is 0 Å². The molecular formula is C15H15NO3. The molecule has 0 aliphatic rings. The Labute approximate surface area is 111 Å². The standard InChI is InChI=1S/C15H15NO3/c17-13-8-6-11(10-14(13)18)7-9-15(19)16-12-4-2-1-3-5-12/h1-6,8,10,17-18H,7,9H2,(H,16,19). The molecule has 0 radical (unpaired) electrons. The van der Waals surface area contributed by atoms with Crippen LogP contribution in [0.5, 0.6) is 11.5 Å².